The lowest BCUT2D eigenvalue weighted by atomic mass is 9.90. The number of rotatable bonds is 6. The van der Waals surface area contributed by atoms with Crippen molar-refractivity contribution in [1.82, 2.24) is 20.2 Å². The van der Waals surface area contributed by atoms with E-state index < -0.39 is 0 Å². The highest BCUT2D eigenvalue weighted by Gasteiger charge is 2.33. The second-order valence-electron chi connectivity index (χ2n) is 10.8. The van der Waals surface area contributed by atoms with Gasteiger partial charge in [-0.2, -0.15) is 15.2 Å². The van der Waals surface area contributed by atoms with Crippen LogP contribution in [0.15, 0.2) is 24.3 Å². The van der Waals surface area contributed by atoms with Crippen molar-refractivity contribution in [3.05, 3.63) is 41.1 Å². The molecule has 1 aromatic carbocycles. The molecule has 2 aromatic rings. The molecule has 0 bridgehead atoms. The number of hydrogen-bond donors (Lipinski definition) is 1. The van der Waals surface area contributed by atoms with Crippen LogP contribution in [0, 0.1) is 11.3 Å². The Labute approximate surface area is 214 Å². The summed E-state index contributed by atoms with van der Waals surface area (Å²) in [6, 6.07) is 12.7. The summed E-state index contributed by atoms with van der Waals surface area (Å²) in [5.74, 6) is 1.03. The smallest absolute Gasteiger partial charge is 0.318 e. The van der Waals surface area contributed by atoms with Crippen LogP contribution in [0.2, 0.25) is 0 Å². The van der Waals surface area contributed by atoms with Crippen LogP contribution in [0.1, 0.15) is 42.5 Å². The van der Waals surface area contributed by atoms with Crippen molar-refractivity contribution >= 4 is 11.5 Å². The maximum Gasteiger partial charge on any atom is 0.318 e. The number of ether oxygens (including phenoxy) is 1. The van der Waals surface area contributed by atoms with Gasteiger partial charge in [-0.3, -0.25) is 0 Å². The minimum Gasteiger partial charge on any atom is -0.462 e. The molecular weight excluding hydrogens is 450 g/mol. The minimum absolute atomic E-state index is 0.170. The fraction of sp³-hybridized carbons (Fsp3) is 0.607. The van der Waals surface area contributed by atoms with E-state index in [1.165, 1.54) is 29.7 Å². The predicted octanol–water partition coefficient (Wildman–Crippen LogP) is 2.56. The summed E-state index contributed by atoms with van der Waals surface area (Å²) in [6.07, 6.45) is 7.03. The van der Waals surface area contributed by atoms with Gasteiger partial charge in [0.25, 0.3) is 0 Å². The van der Waals surface area contributed by atoms with Crippen molar-refractivity contribution in [2.24, 2.45) is 0 Å². The molecule has 2 saturated heterocycles. The molecule has 8 nitrogen and oxygen atoms in total. The first-order chi connectivity index (χ1) is 17.7. The number of fused-ring (bicyclic) bond motifs is 2. The molecule has 3 aliphatic heterocycles. The average molecular weight is 488 g/mol. The number of hydrogen-bond acceptors (Lipinski definition) is 8. The zero-order valence-electron chi connectivity index (χ0n) is 21.3. The molecule has 0 spiro atoms. The highest BCUT2D eigenvalue weighted by molar-refractivity contribution is 5.60. The number of nitriles is 1. The number of likely N-dealkylation sites (N-methyl/N-ethyl adjacent to an activating group) is 1. The number of para-hydroxylation sites is 1. The van der Waals surface area contributed by atoms with Gasteiger partial charge in [0.05, 0.1) is 18.2 Å². The Morgan fingerprint density at radius 3 is 2.92 bits per heavy atom. The molecule has 1 aromatic heterocycles. The highest BCUT2D eigenvalue weighted by Crippen LogP contribution is 2.37. The lowest BCUT2D eigenvalue weighted by Gasteiger charge is -2.38. The SMILES string of the molecule is CN1CCC[C@H]1COc1nc2c(c(N3CCN[C@@H](CC#N)C3)n1)CCC(N1CCc3ccccc31)C2. The molecule has 4 heterocycles. The van der Waals surface area contributed by atoms with Gasteiger partial charge >= 0.3 is 6.01 Å². The fourth-order valence-corrected chi connectivity index (χ4v) is 6.52. The van der Waals surface area contributed by atoms with Crippen molar-refractivity contribution in [1.29, 1.82) is 5.26 Å². The molecular formula is C28H37N7O. The standard InChI is InChI=1S/C28H37N7O/c1-33-14-4-6-23(33)19-36-28-31-25-17-22(35-15-11-20-5-2-3-7-26(20)35)8-9-24(25)27(32-28)34-16-13-30-21(18-34)10-12-29/h2-3,5,7,21-23,30H,4,6,8-11,13-19H2,1H3/t21-,22?,23-/m0/s1. The van der Waals surface area contributed by atoms with E-state index in [9.17, 15) is 5.26 Å². The van der Waals surface area contributed by atoms with E-state index in [1.54, 1.807) is 0 Å². The first-order valence-electron chi connectivity index (χ1n) is 13.6. The van der Waals surface area contributed by atoms with Crippen LogP contribution < -0.4 is 19.9 Å². The van der Waals surface area contributed by atoms with Crippen LogP contribution >= 0.6 is 0 Å². The third-order valence-corrected chi connectivity index (χ3v) is 8.54. The maximum atomic E-state index is 9.25. The van der Waals surface area contributed by atoms with Gasteiger partial charge in [0.15, 0.2) is 0 Å². The van der Waals surface area contributed by atoms with E-state index in [-0.39, 0.29) is 6.04 Å². The average Bonchev–Trinajstić information content (AvgIpc) is 3.53. The van der Waals surface area contributed by atoms with Gasteiger partial charge in [-0.05, 0) is 57.3 Å². The molecule has 1 unspecified atom stereocenters. The van der Waals surface area contributed by atoms with Crippen LogP contribution in [-0.2, 0) is 19.3 Å². The molecule has 0 radical (unpaired) electrons. The molecule has 0 saturated carbocycles. The van der Waals surface area contributed by atoms with E-state index in [1.807, 2.05) is 0 Å². The van der Waals surface area contributed by atoms with Crippen LogP contribution in [0.3, 0.4) is 0 Å². The molecule has 36 heavy (non-hydrogen) atoms. The molecule has 2 fully saturated rings. The Hall–Kier alpha value is -2.89. The molecule has 1 aliphatic carbocycles. The summed E-state index contributed by atoms with van der Waals surface area (Å²) in [6.45, 7) is 5.40. The fourth-order valence-electron chi connectivity index (χ4n) is 6.52. The third-order valence-electron chi connectivity index (χ3n) is 8.54. The van der Waals surface area contributed by atoms with Gasteiger partial charge in [0, 0.05) is 62.0 Å². The highest BCUT2D eigenvalue weighted by atomic mass is 16.5. The number of benzene rings is 1. The summed E-state index contributed by atoms with van der Waals surface area (Å²) in [7, 11) is 2.18. The molecule has 190 valence electrons. The van der Waals surface area contributed by atoms with Crippen molar-refractivity contribution in [3.63, 3.8) is 0 Å². The maximum absolute atomic E-state index is 9.25. The largest absolute Gasteiger partial charge is 0.462 e. The van der Waals surface area contributed by atoms with E-state index in [4.69, 9.17) is 14.7 Å². The minimum atomic E-state index is 0.170. The lowest BCUT2D eigenvalue weighted by Crippen LogP contribution is -2.51. The number of likely N-dealkylation sites (tertiary alicyclic amines) is 1. The van der Waals surface area contributed by atoms with Crippen LogP contribution in [0.25, 0.3) is 0 Å². The normalized spacial score (nSPS) is 25.9. The van der Waals surface area contributed by atoms with Crippen molar-refractivity contribution in [2.75, 3.05) is 56.2 Å². The second kappa shape index (κ2) is 10.2. The van der Waals surface area contributed by atoms with Crippen molar-refractivity contribution < 1.29 is 4.74 Å². The predicted molar refractivity (Wildman–Crippen MR) is 141 cm³/mol. The zero-order valence-corrected chi connectivity index (χ0v) is 21.3. The Morgan fingerprint density at radius 2 is 2.06 bits per heavy atom. The van der Waals surface area contributed by atoms with Gasteiger partial charge in [0.2, 0.25) is 0 Å². The molecule has 6 rings (SSSR count). The summed E-state index contributed by atoms with van der Waals surface area (Å²) >= 11 is 0. The van der Waals surface area contributed by atoms with Crippen molar-refractivity contribution in [3.8, 4) is 12.1 Å². The van der Waals surface area contributed by atoms with E-state index in [0.717, 1.165) is 69.9 Å². The van der Waals surface area contributed by atoms with Crippen LogP contribution in [0.4, 0.5) is 11.5 Å². The Kier molecular flexibility index (Phi) is 6.68. The van der Waals surface area contributed by atoms with Gasteiger partial charge < -0.3 is 24.8 Å². The van der Waals surface area contributed by atoms with Gasteiger partial charge in [-0.25, -0.2) is 0 Å². The number of piperazine rings is 1. The number of anilines is 2. The van der Waals surface area contributed by atoms with E-state index in [2.05, 4.69) is 57.4 Å². The van der Waals surface area contributed by atoms with Crippen LogP contribution in [-0.4, -0.2) is 79.4 Å². The summed E-state index contributed by atoms with van der Waals surface area (Å²) in [5.41, 5.74) is 5.27. The third kappa shape index (κ3) is 4.62. The Morgan fingerprint density at radius 1 is 1.14 bits per heavy atom. The first-order valence-corrected chi connectivity index (χ1v) is 13.6. The summed E-state index contributed by atoms with van der Waals surface area (Å²) in [5, 5.41) is 12.7. The molecule has 1 N–H and O–H groups in total. The van der Waals surface area contributed by atoms with Gasteiger partial charge in [-0.1, -0.05) is 18.2 Å². The first kappa shape index (κ1) is 23.5. The topological polar surface area (TPSA) is 80.5 Å². The Balaban J connectivity index is 1.28. The lowest BCUT2D eigenvalue weighted by molar-refractivity contribution is 0.187. The molecule has 4 aliphatic rings. The molecule has 8 heteroatoms. The van der Waals surface area contributed by atoms with Crippen LogP contribution in [0.5, 0.6) is 6.01 Å². The molecule has 0 amide bonds. The Bertz CT molecular complexity index is 1130. The monoisotopic (exact) mass is 487 g/mol. The van der Waals surface area contributed by atoms with E-state index in [0.29, 0.717) is 31.1 Å². The summed E-state index contributed by atoms with van der Waals surface area (Å²) in [4.78, 5) is 17.4. The van der Waals surface area contributed by atoms with Gasteiger partial charge in [-0.15, -0.1) is 0 Å². The van der Waals surface area contributed by atoms with E-state index >= 15 is 0 Å². The zero-order chi connectivity index (χ0) is 24.5. The number of nitrogens with one attached hydrogen (secondary N) is 1. The molecule has 3 atom stereocenters. The second-order valence-corrected chi connectivity index (χ2v) is 10.8. The number of aromatic nitrogens is 2. The van der Waals surface area contributed by atoms with Gasteiger partial charge in [0.1, 0.15) is 12.4 Å². The van der Waals surface area contributed by atoms with Crippen molar-refractivity contribution in [2.45, 2.75) is 63.1 Å². The summed E-state index contributed by atoms with van der Waals surface area (Å²) < 4.78 is 6.28. The number of nitrogens with zero attached hydrogens (tertiary/aromatic N) is 6. The quantitative estimate of drug-likeness (QED) is 0.666.